The molecule has 0 fully saturated rings. The van der Waals surface area contributed by atoms with Crippen molar-refractivity contribution in [1.82, 2.24) is 15.0 Å². The van der Waals surface area contributed by atoms with Crippen LogP contribution in [0.5, 0.6) is 17.2 Å². The highest BCUT2D eigenvalue weighted by Gasteiger charge is 2.27. The van der Waals surface area contributed by atoms with Gasteiger partial charge in [-0.25, -0.2) is 4.68 Å². The molecule has 1 heterocycles. The smallest absolute Gasteiger partial charge is 0.307 e. The fraction of sp³-hybridized carbons (Fsp3) is 0.475. The molecule has 0 radical (unpaired) electrons. The third kappa shape index (κ3) is 12.1. The van der Waals surface area contributed by atoms with Gasteiger partial charge in [0.25, 0.3) is 0 Å². The highest BCUT2D eigenvalue weighted by molar-refractivity contribution is 14.1. The fourth-order valence-electron chi connectivity index (χ4n) is 5.54. The molecule has 1 N–H and O–H groups in total. The number of carboxylic acids is 1. The molecular formula is C40H49I4N3O5. The molecule has 0 amide bonds. The SMILES string of the molecule is CC(C)(Cc1cc(C(C)(C)C)cc(C(C)(C)C)c1)OCCC(C)(C)n1cc(COc2c(I)cc(Oc3c(I)cc(CC(=O)O)cc3I)cc2I)nn1. The van der Waals surface area contributed by atoms with Crippen molar-refractivity contribution in [2.24, 2.45) is 0 Å². The summed E-state index contributed by atoms with van der Waals surface area (Å²) in [5, 5.41) is 18.1. The molecule has 4 rings (SSSR count). The Balaban J connectivity index is 1.36. The van der Waals surface area contributed by atoms with Crippen LogP contribution in [0.4, 0.5) is 0 Å². The number of ether oxygens (including phenoxy) is 3. The Labute approximate surface area is 363 Å². The second kappa shape index (κ2) is 17.3. The number of aliphatic carboxylic acids is 1. The largest absolute Gasteiger partial charge is 0.485 e. The zero-order valence-electron chi connectivity index (χ0n) is 31.6. The van der Waals surface area contributed by atoms with Crippen LogP contribution in [-0.2, 0) is 45.3 Å². The maximum absolute atomic E-state index is 11.2. The molecule has 12 heteroatoms. The molecule has 0 saturated heterocycles. The lowest BCUT2D eigenvalue weighted by molar-refractivity contribution is -0.136. The standard InChI is InChI=1S/C40H49I4N3O5/c1-37(2,3)26-13-25(14-27(18-26)38(4,5)6)21-40(9,10)51-12-11-39(7,8)47-22-28(45-46-47)23-50-35-32(43)19-29(20-33(35)44)52-36-30(41)15-24(16-31(36)42)17-34(48)49/h13-16,18-20,22H,11-12,17,21,23H2,1-10H3,(H,48,49). The van der Waals surface area contributed by atoms with Gasteiger partial charge < -0.3 is 19.3 Å². The molecule has 0 aliphatic carbocycles. The van der Waals surface area contributed by atoms with Crippen LogP contribution in [0.25, 0.3) is 0 Å². The van der Waals surface area contributed by atoms with Gasteiger partial charge in [0.1, 0.15) is 23.8 Å². The molecule has 0 aliphatic heterocycles. The molecule has 0 unspecified atom stereocenters. The lowest BCUT2D eigenvalue weighted by atomic mass is 9.78. The third-order valence-electron chi connectivity index (χ3n) is 8.69. The van der Waals surface area contributed by atoms with Crippen LogP contribution in [0.15, 0.2) is 48.7 Å². The molecule has 0 atom stereocenters. The molecule has 0 spiro atoms. The Hall–Kier alpha value is -1.25. The summed E-state index contributed by atoms with van der Waals surface area (Å²) in [6, 6.07) is 14.6. The summed E-state index contributed by atoms with van der Waals surface area (Å²) in [5.74, 6) is 1.26. The molecule has 3 aromatic carbocycles. The minimum atomic E-state index is -0.861. The summed E-state index contributed by atoms with van der Waals surface area (Å²) >= 11 is 8.88. The maximum Gasteiger partial charge on any atom is 0.307 e. The number of carbonyl (C=O) groups is 1. The van der Waals surface area contributed by atoms with Gasteiger partial charge in [0.2, 0.25) is 0 Å². The highest BCUT2D eigenvalue weighted by atomic mass is 127. The van der Waals surface area contributed by atoms with E-state index in [0.717, 1.165) is 44.1 Å². The summed E-state index contributed by atoms with van der Waals surface area (Å²) in [6.45, 7) is 23.2. The maximum atomic E-state index is 11.2. The normalized spacial score (nSPS) is 12.7. The van der Waals surface area contributed by atoms with Crippen LogP contribution in [0, 0.1) is 14.3 Å². The van der Waals surface area contributed by atoms with E-state index in [9.17, 15) is 4.79 Å². The molecule has 8 nitrogen and oxygen atoms in total. The number of rotatable bonds is 14. The summed E-state index contributed by atoms with van der Waals surface area (Å²) in [7, 11) is 0. The average Bonchev–Trinajstić information content (AvgIpc) is 3.47. The number of carboxylic acid groups (broad SMARTS) is 1. The number of aromatic nitrogens is 3. The number of halogens is 4. The van der Waals surface area contributed by atoms with Gasteiger partial charge in [-0.3, -0.25) is 4.79 Å². The molecule has 0 bridgehead atoms. The Bertz CT molecular complexity index is 1830. The van der Waals surface area contributed by atoms with Gasteiger partial charge in [0, 0.05) is 13.0 Å². The number of hydrogen-bond donors (Lipinski definition) is 1. The van der Waals surface area contributed by atoms with Crippen LogP contribution in [-0.4, -0.2) is 38.3 Å². The van der Waals surface area contributed by atoms with Crippen LogP contribution >= 0.6 is 90.4 Å². The first-order chi connectivity index (χ1) is 23.9. The fourth-order valence-corrected chi connectivity index (χ4v) is 9.68. The van der Waals surface area contributed by atoms with Crippen molar-refractivity contribution < 1.29 is 24.1 Å². The summed E-state index contributed by atoms with van der Waals surface area (Å²) < 4.78 is 24.5. The first-order valence-corrected chi connectivity index (χ1v) is 21.4. The number of benzene rings is 3. The van der Waals surface area contributed by atoms with E-state index in [-0.39, 0.29) is 35.0 Å². The predicted molar refractivity (Wildman–Crippen MR) is 241 cm³/mol. The van der Waals surface area contributed by atoms with E-state index in [1.807, 2.05) is 35.1 Å². The van der Waals surface area contributed by atoms with Crippen molar-refractivity contribution in [2.45, 2.75) is 117 Å². The van der Waals surface area contributed by atoms with Gasteiger partial charge in [0.15, 0.2) is 5.75 Å². The molecule has 0 aliphatic rings. The third-order valence-corrected chi connectivity index (χ3v) is 11.9. The van der Waals surface area contributed by atoms with Crippen molar-refractivity contribution in [1.29, 1.82) is 0 Å². The van der Waals surface area contributed by atoms with E-state index in [0.29, 0.717) is 18.1 Å². The quantitative estimate of drug-likeness (QED) is 0.126. The topological polar surface area (TPSA) is 95.7 Å². The summed E-state index contributed by atoms with van der Waals surface area (Å²) in [4.78, 5) is 11.2. The van der Waals surface area contributed by atoms with Crippen LogP contribution in [0.2, 0.25) is 0 Å². The number of nitrogens with zero attached hydrogens (tertiary/aromatic N) is 3. The minimum Gasteiger partial charge on any atom is -0.485 e. The minimum absolute atomic E-state index is 0.0289. The van der Waals surface area contributed by atoms with E-state index < -0.39 is 5.97 Å². The Morgan fingerprint density at radius 3 is 1.81 bits per heavy atom. The molecule has 52 heavy (non-hydrogen) atoms. The van der Waals surface area contributed by atoms with Gasteiger partial charge in [-0.2, -0.15) is 0 Å². The van der Waals surface area contributed by atoms with Crippen LogP contribution in [0.1, 0.15) is 104 Å². The zero-order chi connectivity index (χ0) is 38.8. The molecular weight excluding hydrogens is 1110 g/mol. The molecule has 1 aromatic heterocycles. The second-order valence-electron chi connectivity index (χ2n) is 16.5. The van der Waals surface area contributed by atoms with Gasteiger partial charge in [-0.15, -0.1) is 5.10 Å². The van der Waals surface area contributed by atoms with Gasteiger partial charge in [-0.1, -0.05) is 65.0 Å². The van der Waals surface area contributed by atoms with E-state index in [1.54, 1.807) is 0 Å². The van der Waals surface area contributed by atoms with Gasteiger partial charge >= 0.3 is 5.97 Å². The summed E-state index contributed by atoms with van der Waals surface area (Å²) in [5.41, 5.74) is 5.00. The predicted octanol–water partition coefficient (Wildman–Crippen LogP) is 11.5. The Kier molecular flexibility index (Phi) is 14.4. The Morgan fingerprint density at radius 1 is 0.750 bits per heavy atom. The van der Waals surface area contributed by atoms with E-state index in [1.165, 1.54) is 16.7 Å². The first kappa shape index (κ1) is 43.5. The van der Waals surface area contributed by atoms with E-state index in [2.05, 4.69) is 188 Å². The first-order valence-electron chi connectivity index (χ1n) is 17.1. The van der Waals surface area contributed by atoms with Crippen molar-refractivity contribution in [3.05, 3.63) is 90.9 Å². The van der Waals surface area contributed by atoms with E-state index in [4.69, 9.17) is 19.3 Å². The number of hydrogen-bond acceptors (Lipinski definition) is 6. The van der Waals surface area contributed by atoms with Crippen LogP contribution < -0.4 is 9.47 Å². The molecule has 0 saturated carbocycles. The van der Waals surface area contributed by atoms with E-state index >= 15 is 0 Å². The van der Waals surface area contributed by atoms with Crippen molar-refractivity contribution >= 4 is 96.3 Å². The Morgan fingerprint density at radius 2 is 1.29 bits per heavy atom. The lowest BCUT2D eigenvalue weighted by Crippen LogP contribution is -2.33. The van der Waals surface area contributed by atoms with Crippen molar-refractivity contribution in [3.8, 4) is 17.2 Å². The molecule has 282 valence electrons. The molecule has 4 aromatic rings. The highest BCUT2D eigenvalue weighted by Crippen LogP contribution is 2.38. The van der Waals surface area contributed by atoms with Crippen LogP contribution in [0.3, 0.4) is 0 Å². The average molecular weight is 1160 g/mol. The monoisotopic (exact) mass is 1160 g/mol. The van der Waals surface area contributed by atoms with Crippen molar-refractivity contribution in [2.75, 3.05) is 6.61 Å². The lowest BCUT2D eigenvalue weighted by Gasteiger charge is -2.31. The van der Waals surface area contributed by atoms with Gasteiger partial charge in [0.05, 0.1) is 38.0 Å². The van der Waals surface area contributed by atoms with Crippen molar-refractivity contribution in [3.63, 3.8) is 0 Å². The summed E-state index contributed by atoms with van der Waals surface area (Å²) in [6.07, 6.45) is 3.52. The second-order valence-corrected chi connectivity index (χ2v) is 21.1. The zero-order valence-corrected chi connectivity index (χ0v) is 40.2. The van der Waals surface area contributed by atoms with Gasteiger partial charge in [-0.05, 0) is 182 Å².